The molecule has 5 heterocycles. The predicted molar refractivity (Wildman–Crippen MR) is 218 cm³/mol. The van der Waals surface area contributed by atoms with Crippen LogP contribution in [0.5, 0.6) is 0 Å². The Morgan fingerprint density at radius 2 is 1.61 bits per heavy atom. The number of amides is 4. The van der Waals surface area contributed by atoms with Gasteiger partial charge in [0.1, 0.15) is 6.04 Å². The fraction of sp³-hybridized carbons (Fsp3) is 0.378. The lowest BCUT2D eigenvalue weighted by Gasteiger charge is -2.38. The summed E-state index contributed by atoms with van der Waals surface area (Å²) in [6.45, 7) is 17.0. The Bertz CT molecular complexity index is 2370. The molecule has 0 bridgehead atoms. The maximum absolute atomic E-state index is 13.3. The average Bonchev–Trinajstić information content (AvgIpc) is 3.64. The minimum Gasteiger partial charge on any atom is -0.371 e. The molecule has 3 fully saturated rings. The summed E-state index contributed by atoms with van der Waals surface area (Å²) >= 11 is 6.31. The quantitative estimate of drug-likeness (QED) is 0.125. The van der Waals surface area contributed by atoms with Gasteiger partial charge in [-0.3, -0.25) is 34.1 Å². The smallest absolute Gasteiger partial charge is 0.262 e. The Labute approximate surface area is 337 Å². The number of hydrogen-bond donors (Lipinski definition) is 1. The third-order valence-electron chi connectivity index (χ3n) is 12.1. The van der Waals surface area contributed by atoms with Gasteiger partial charge < -0.3 is 9.80 Å². The van der Waals surface area contributed by atoms with Crippen LogP contribution >= 0.6 is 11.6 Å². The van der Waals surface area contributed by atoms with E-state index in [-0.39, 0.29) is 18.7 Å². The molecule has 0 spiro atoms. The molecule has 0 saturated carbocycles. The second-order valence-electron chi connectivity index (χ2n) is 15.6. The highest BCUT2D eigenvalue weighted by atomic mass is 35.5. The van der Waals surface area contributed by atoms with Crippen LogP contribution in [-0.2, 0) is 16.1 Å². The number of aromatic nitrogens is 2. The first-order valence-corrected chi connectivity index (χ1v) is 20.1. The number of halogens is 1. The number of nitrogens with one attached hydrogen (secondary N) is 1. The number of anilines is 1. The number of likely N-dealkylation sites (tertiary alicyclic amines) is 1. The van der Waals surface area contributed by atoms with E-state index in [2.05, 4.69) is 69.9 Å². The zero-order valence-electron chi connectivity index (χ0n) is 32.2. The lowest BCUT2D eigenvalue weighted by molar-refractivity contribution is -0.136. The summed E-state index contributed by atoms with van der Waals surface area (Å²) in [5.74, 6) is 6.02. The lowest BCUT2D eigenvalue weighted by atomic mass is 9.92. The van der Waals surface area contributed by atoms with Crippen LogP contribution in [0.1, 0.15) is 81.6 Å². The normalized spacial score (nSPS) is 19.3. The number of benzene rings is 3. The molecule has 1 aromatic heterocycles. The molecule has 0 radical (unpaired) electrons. The fourth-order valence-corrected chi connectivity index (χ4v) is 8.74. The highest BCUT2D eigenvalue weighted by molar-refractivity contribution is 6.33. The third-order valence-corrected chi connectivity index (χ3v) is 12.4. The number of piperidine rings is 3. The van der Waals surface area contributed by atoms with Gasteiger partial charge in [-0.15, -0.1) is 0 Å². The molecule has 57 heavy (non-hydrogen) atoms. The zero-order valence-corrected chi connectivity index (χ0v) is 32.9. The molecule has 11 nitrogen and oxygen atoms in total. The van der Waals surface area contributed by atoms with Gasteiger partial charge in [-0.25, -0.2) is 4.85 Å². The van der Waals surface area contributed by atoms with Crippen molar-refractivity contribution >= 4 is 46.6 Å². The number of rotatable bonds is 7. The van der Waals surface area contributed by atoms with Gasteiger partial charge in [0.2, 0.25) is 17.5 Å². The molecule has 1 N–H and O–H groups in total. The van der Waals surface area contributed by atoms with Crippen molar-refractivity contribution in [2.45, 2.75) is 65.0 Å². The Kier molecular flexibility index (Phi) is 10.7. The number of carbonyl (C=O) groups is 4. The summed E-state index contributed by atoms with van der Waals surface area (Å²) in [4.78, 5) is 59.8. The Morgan fingerprint density at radius 3 is 2.32 bits per heavy atom. The molecule has 4 aliphatic rings. The highest BCUT2D eigenvalue weighted by Crippen LogP contribution is 2.34. The van der Waals surface area contributed by atoms with Crippen LogP contribution in [-0.4, -0.2) is 82.0 Å². The van der Waals surface area contributed by atoms with E-state index in [1.54, 1.807) is 18.2 Å². The van der Waals surface area contributed by atoms with E-state index >= 15 is 0 Å². The van der Waals surface area contributed by atoms with Gasteiger partial charge in [-0.2, -0.15) is 5.10 Å². The number of nitrogens with zero attached hydrogens (tertiary/aromatic N) is 6. The summed E-state index contributed by atoms with van der Waals surface area (Å²) in [5, 5.41) is 7.58. The summed E-state index contributed by atoms with van der Waals surface area (Å²) in [6.07, 6.45) is 4.48. The Hall–Kier alpha value is -5.75. The molecular weight excluding hydrogens is 738 g/mol. The first-order chi connectivity index (χ1) is 27.6. The van der Waals surface area contributed by atoms with Crippen LogP contribution in [0.15, 0.2) is 60.7 Å². The van der Waals surface area contributed by atoms with E-state index in [1.165, 1.54) is 0 Å². The minimum atomic E-state index is -0.960. The van der Waals surface area contributed by atoms with E-state index in [0.29, 0.717) is 40.2 Å². The predicted octanol–water partition coefficient (Wildman–Crippen LogP) is 6.80. The first kappa shape index (κ1) is 38.1. The molecular formula is C45H44ClN7O4. The van der Waals surface area contributed by atoms with Crippen LogP contribution in [0.25, 0.3) is 16.1 Å². The van der Waals surface area contributed by atoms with Crippen molar-refractivity contribution < 1.29 is 19.2 Å². The van der Waals surface area contributed by atoms with Crippen LogP contribution in [0.2, 0.25) is 5.02 Å². The van der Waals surface area contributed by atoms with Gasteiger partial charge in [0.15, 0.2) is 0 Å². The summed E-state index contributed by atoms with van der Waals surface area (Å²) in [6, 6.07) is 18.3. The van der Waals surface area contributed by atoms with Crippen molar-refractivity contribution in [3.63, 3.8) is 0 Å². The minimum absolute atomic E-state index is 0.101. The van der Waals surface area contributed by atoms with E-state index in [1.807, 2.05) is 22.9 Å². The fourth-order valence-electron chi connectivity index (χ4n) is 8.51. The molecule has 0 aliphatic carbocycles. The molecule has 12 heteroatoms. The molecule has 8 rings (SSSR count). The van der Waals surface area contributed by atoms with Gasteiger partial charge in [0, 0.05) is 59.5 Å². The van der Waals surface area contributed by atoms with Crippen molar-refractivity contribution in [1.29, 1.82) is 0 Å². The average molecular weight is 782 g/mol. The second-order valence-corrected chi connectivity index (χ2v) is 16.1. The maximum atomic E-state index is 13.3. The van der Waals surface area contributed by atoms with Crippen molar-refractivity contribution in [2.75, 3.05) is 37.6 Å². The Morgan fingerprint density at radius 1 is 0.877 bits per heavy atom. The van der Waals surface area contributed by atoms with E-state index < -0.39 is 23.8 Å². The SMILES string of the molecule is [C-]#[N+]c1ccc(-c2nn(Cc3ccc(C#CC4CCN(CC5CCN(c6ccc7c(c6)C(=O)N(C6CCC(=O)NC6=O)C7=O)CC5)CC4)cc3)c(C)c2C)cc1Cl. The van der Waals surface area contributed by atoms with Gasteiger partial charge in [0.25, 0.3) is 11.8 Å². The van der Waals surface area contributed by atoms with E-state index in [0.717, 1.165) is 103 Å². The van der Waals surface area contributed by atoms with Crippen molar-refractivity contribution in [1.82, 2.24) is 24.9 Å². The van der Waals surface area contributed by atoms with E-state index in [9.17, 15) is 19.2 Å². The van der Waals surface area contributed by atoms with Crippen molar-refractivity contribution in [2.24, 2.45) is 11.8 Å². The van der Waals surface area contributed by atoms with Gasteiger partial charge in [-0.05, 0) is 112 Å². The third kappa shape index (κ3) is 7.83. The van der Waals surface area contributed by atoms with Crippen LogP contribution in [0.4, 0.5) is 11.4 Å². The highest BCUT2D eigenvalue weighted by Gasteiger charge is 2.45. The maximum Gasteiger partial charge on any atom is 0.262 e. The number of fused-ring (bicyclic) bond motifs is 1. The molecule has 1 atom stereocenters. The molecule has 290 valence electrons. The van der Waals surface area contributed by atoms with Crippen LogP contribution in [0.3, 0.4) is 0 Å². The monoisotopic (exact) mass is 781 g/mol. The second kappa shape index (κ2) is 16.0. The number of carbonyl (C=O) groups excluding carboxylic acids is 4. The lowest BCUT2D eigenvalue weighted by Crippen LogP contribution is -2.54. The molecule has 4 aromatic rings. The van der Waals surface area contributed by atoms with Gasteiger partial charge in [-0.1, -0.05) is 47.7 Å². The van der Waals surface area contributed by atoms with Crippen molar-refractivity contribution in [3.8, 4) is 23.1 Å². The van der Waals surface area contributed by atoms with Crippen LogP contribution in [0, 0.1) is 44.1 Å². The molecule has 4 amide bonds. The summed E-state index contributed by atoms with van der Waals surface area (Å²) in [7, 11) is 0. The standard InChI is InChI=1S/C45H44ClN7O4/c1-28-29(2)52(49-42(28)34-10-13-39(47-3)38(46)24-34)27-32-8-6-30(7-9-32)4-5-31-16-20-50(21-17-31)26-33-18-22-51(23-19-33)35-11-12-36-37(25-35)45(57)53(44(36)56)40-14-15-41(54)48-43(40)55/h6-13,24-25,31,33,40H,14-23,26-27H2,1-2H3,(H,48,54,55). The van der Waals surface area contributed by atoms with Crippen molar-refractivity contribution in [3.05, 3.63) is 111 Å². The molecule has 4 aliphatic heterocycles. The summed E-state index contributed by atoms with van der Waals surface area (Å²) in [5.41, 5.74) is 8.11. The number of hydrogen-bond acceptors (Lipinski definition) is 7. The topological polar surface area (TPSA) is 112 Å². The summed E-state index contributed by atoms with van der Waals surface area (Å²) < 4.78 is 2.02. The van der Waals surface area contributed by atoms with Crippen LogP contribution < -0.4 is 10.2 Å². The molecule has 1 unspecified atom stereocenters. The number of imide groups is 2. The first-order valence-electron chi connectivity index (χ1n) is 19.7. The zero-order chi connectivity index (χ0) is 39.8. The van der Waals surface area contributed by atoms with E-state index in [4.69, 9.17) is 23.3 Å². The van der Waals surface area contributed by atoms with Gasteiger partial charge >= 0.3 is 0 Å². The Balaban J connectivity index is 0.793. The van der Waals surface area contributed by atoms with Gasteiger partial charge in [0.05, 0.1) is 29.9 Å². The molecule has 3 saturated heterocycles. The largest absolute Gasteiger partial charge is 0.371 e. The molecule has 3 aromatic carbocycles.